The molecule has 1 saturated heterocycles. The number of ether oxygens (including phenoxy) is 1. The summed E-state index contributed by atoms with van der Waals surface area (Å²) >= 11 is 5.86. The molecule has 1 aliphatic heterocycles. The Kier molecular flexibility index (Phi) is 5.64. The second-order valence-corrected chi connectivity index (χ2v) is 8.71. The smallest absolute Gasteiger partial charge is 0.174 e. The second kappa shape index (κ2) is 8.71. The maximum Gasteiger partial charge on any atom is 0.174 e. The molecule has 31 heavy (non-hydrogen) atoms. The summed E-state index contributed by atoms with van der Waals surface area (Å²) in [4.78, 5) is 6.91. The van der Waals surface area contributed by atoms with Crippen LogP contribution in [0.4, 0.5) is 5.69 Å². The van der Waals surface area contributed by atoms with Gasteiger partial charge in [0, 0.05) is 29.8 Å². The molecule has 5 nitrogen and oxygen atoms in total. The Hall–Kier alpha value is -2.86. The van der Waals surface area contributed by atoms with Crippen molar-refractivity contribution in [3.8, 4) is 5.75 Å². The highest BCUT2D eigenvalue weighted by Crippen LogP contribution is 2.43. The predicted octanol–water partition coefficient (Wildman–Crippen LogP) is 5.57. The highest BCUT2D eigenvalue weighted by atomic mass is 32.1. The van der Waals surface area contributed by atoms with Gasteiger partial charge in [0.25, 0.3) is 0 Å². The van der Waals surface area contributed by atoms with Gasteiger partial charge in [-0.15, -0.1) is 0 Å². The molecule has 5 rings (SSSR count). The van der Waals surface area contributed by atoms with Crippen molar-refractivity contribution in [2.24, 2.45) is 0 Å². The zero-order valence-corrected chi connectivity index (χ0v) is 18.6. The van der Waals surface area contributed by atoms with Crippen LogP contribution in [0.25, 0.3) is 0 Å². The Bertz CT molecular complexity index is 1030. The van der Waals surface area contributed by atoms with E-state index in [0.29, 0.717) is 6.04 Å². The van der Waals surface area contributed by atoms with Crippen LogP contribution >= 0.6 is 12.2 Å². The van der Waals surface area contributed by atoms with Crippen LogP contribution in [0, 0.1) is 0 Å². The van der Waals surface area contributed by atoms with Crippen LogP contribution in [0.1, 0.15) is 61.6 Å². The lowest BCUT2D eigenvalue weighted by molar-refractivity contribution is 0.340. The molecule has 160 valence electrons. The van der Waals surface area contributed by atoms with Gasteiger partial charge in [-0.2, -0.15) is 0 Å². The van der Waals surface area contributed by atoms with Crippen molar-refractivity contribution in [3.05, 3.63) is 78.4 Å². The van der Waals surface area contributed by atoms with Gasteiger partial charge in [-0.05, 0) is 73.6 Å². The lowest BCUT2D eigenvalue weighted by Crippen LogP contribution is -2.31. The number of rotatable bonds is 5. The van der Waals surface area contributed by atoms with Gasteiger partial charge in [0.1, 0.15) is 11.8 Å². The molecule has 2 fully saturated rings. The van der Waals surface area contributed by atoms with Crippen molar-refractivity contribution < 1.29 is 4.74 Å². The number of benzene rings is 1. The van der Waals surface area contributed by atoms with Crippen LogP contribution in [-0.4, -0.2) is 21.8 Å². The molecule has 1 aromatic carbocycles. The zero-order valence-electron chi connectivity index (χ0n) is 17.8. The number of pyridine rings is 1. The molecular weight excluding hydrogens is 404 g/mol. The first-order valence-electron chi connectivity index (χ1n) is 11.1. The van der Waals surface area contributed by atoms with Crippen molar-refractivity contribution in [2.75, 3.05) is 12.0 Å². The third kappa shape index (κ3) is 3.81. The van der Waals surface area contributed by atoms with Crippen LogP contribution in [0.15, 0.2) is 67.0 Å². The van der Waals surface area contributed by atoms with Crippen LogP contribution in [0.3, 0.4) is 0 Å². The molecule has 2 aromatic heterocycles. The summed E-state index contributed by atoms with van der Waals surface area (Å²) in [5.41, 5.74) is 3.34. The predicted molar refractivity (Wildman–Crippen MR) is 127 cm³/mol. The van der Waals surface area contributed by atoms with E-state index in [1.807, 2.05) is 30.5 Å². The quantitative estimate of drug-likeness (QED) is 0.534. The molecule has 1 aliphatic carbocycles. The number of hydrogen-bond acceptors (Lipinski definition) is 3. The summed E-state index contributed by atoms with van der Waals surface area (Å²) < 4.78 is 7.86. The van der Waals surface area contributed by atoms with E-state index in [-0.39, 0.29) is 12.1 Å². The summed E-state index contributed by atoms with van der Waals surface area (Å²) in [5.74, 6) is 0.838. The Morgan fingerprint density at radius 1 is 1.00 bits per heavy atom. The molecule has 0 spiro atoms. The molecule has 0 bridgehead atoms. The van der Waals surface area contributed by atoms with Crippen LogP contribution in [0.5, 0.6) is 5.75 Å². The van der Waals surface area contributed by atoms with Gasteiger partial charge in [0.2, 0.25) is 0 Å². The topological polar surface area (TPSA) is 42.3 Å². The number of nitrogens with zero attached hydrogens (tertiary/aromatic N) is 3. The highest BCUT2D eigenvalue weighted by molar-refractivity contribution is 7.80. The Morgan fingerprint density at radius 2 is 1.81 bits per heavy atom. The third-order valence-corrected chi connectivity index (χ3v) is 6.85. The van der Waals surface area contributed by atoms with E-state index in [9.17, 15) is 0 Å². The second-order valence-electron chi connectivity index (χ2n) is 8.33. The number of methoxy groups -OCH3 is 1. The van der Waals surface area contributed by atoms with Crippen molar-refractivity contribution in [1.29, 1.82) is 0 Å². The molecule has 6 heteroatoms. The van der Waals surface area contributed by atoms with Crippen LogP contribution in [0.2, 0.25) is 0 Å². The monoisotopic (exact) mass is 432 g/mol. The molecule has 1 saturated carbocycles. The summed E-state index contributed by atoms with van der Waals surface area (Å²) in [6.07, 6.45) is 10.5. The fraction of sp³-hybridized carbons (Fsp3) is 0.360. The third-order valence-electron chi connectivity index (χ3n) is 6.53. The maximum absolute atomic E-state index is 5.86. The minimum atomic E-state index is -0.0203. The van der Waals surface area contributed by atoms with E-state index in [0.717, 1.165) is 22.2 Å². The fourth-order valence-electron chi connectivity index (χ4n) is 5.03. The largest absolute Gasteiger partial charge is 0.497 e. The molecule has 1 N–H and O–H groups in total. The van der Waals surface area contributed by atoms with E-state index in [1.165, 1.54) is 37.8 Å². The molecular formula is C25H28N4OS. The van der Waals surface area contributed by atoms with Crippen molar-refractivity contribution in [3.63, 3.8) is 0 Å². The molecule has 3 aromatic rings. The molecule has 0 radical (unpaired) electrons. The SMILES string of the molecule is COc1ccc(N2C(=S)N[C@@H](c3ccccn3)[C@H]2c2cccn2C2CCCCC2)cc1. The summed E-state index contributed by atoms with van der Waals surface area (Å²) in [7, 11) is 1.69. The van der Waals surface area contributed by atoms with Crippen molar-refractivity contribution in [1.82, 2.24) is 14.9 Å². The maximum atomic E-state index is 5.86. The van der Waals surface area contributed by atoms with E-state index < -0.39 is 0 Å². The summed E-state index contributed by atoms with van der Waals surface area (Å²) in [6, 6.07) is 19.2. The minimum Gasteiger partial charge on any atom is -0.497 e. The molecule has 0 unspecified atom stereocenters. The summed E-state index contributed by atoms with van der Waals surface area (Å²) in [5, 5.41) is 4.29. The number of hydrogen-bond donors (Lipinski definition) is 1. The first-order chi connectivity index (χ1) is 15.3. The molecule has 0 amide bonds. The average Bonchev–Trinajstić information content (AvgIpc) is 3.44. The van der Waals surface area contributed by atoms with Gasteiger partial charge in [0.05, 0.1) is 18.8 Å². The Morgan fingerprint density at radius 3 is 2.52 bits per heavy atom. The van der Waals surface area contributed by atoms with Gasteiger partial charge in [-0.25, -0.2) is 0 Å². The first kappa shape index (κ1) is 20.1. The fourth-order valence-corrected chi connectivity index (χ4v) is 5.37. The molecule has 2 aliphatic rings. The van der Waals surface area contributed by atoms with Crippen molar-refractivity contribution in [2.45, 2.75) is 50.2 Å². The van der Waals surface area contributed by atoms with Gasteiger partial charge in [0.15, 0.2) is 5.11 Å². The van der Waals surface area contributed by atoms with Crippen molar-refractivity contribution >= 4 is 23.0 Å². The van der Waals surface area contributed by atoms with E-state index in [2.05, 4.69) is 56.3 Å². The normalized spacial score (nSPS) is 21.8. The average molecular weight is 433 g/mol. The van der Waals surface area contributed by atoms with Gasteiger partial charge < -0.3 is 19.5 Å². The number of nitrogens with one attached hydrogen (secondary N) is 1. The number of anilines is 1. The van der Waals surface area contributed by atoms with E-state index in [1.54, 1.807) is 7.11 Å². The van der Waals surface area contributed by atoms with Crippen LogP contribution in [-0.2, 0) is 0 Å². The van der Waals surface area contributed by atoms with Gasteiger partial charge in [-0.3, -0.25) is 4.98 Å². The lowest BCUT2D eigenvalue weighted by Gasteiger charge is -2.32. The lowest BCUT2D eigenvalue weighted by atomic mass is 9.94. The highest BCUT2D eigenvalue weighted by Gasteiger charge is 2.42. The first-order valence-corrected chi connectivity index (χ1v) is 11.5. The number of aromatic nitrogens is 2. The minimum absolute atomic E-state index is 0.0203. The van der Waals surface area contributed by atoms with E-state index in [4.69, 9.17) is 17.0 Å². The standard InChI is InChI=1S/C25H28N4OS/c1-30-20-14-12-19(13-15-20)29-24(23(27-25(29)31)21-10-5-6-16-26-21)22-11-7-17-28(22)18-8-3-2-4-9-18/h5-7,10-18,23-24H,2-4,8-9H2,1H3,(H,27,31)/t23-,24+/m0/s1. The van der Waals surface area contributed by atoms with E-state index >= 15 is 0 Å². The number of thiocarbonyl (C=S) groups is 1. The van der Waals surface area contributed by atoms with Crippen LogP contribution < -0.4 is 15.0 Å². The Labute approximate surface area is 189 Å². The zero-order chi connectivity index (χ0) is 21.2. The molecule has 3 heterocycles. The van der Waals surface area contributed by atoms with Gasteiger partial charge >= 0.3 is 0 Å². The molecule has 2 atom stereocenters. The van der Waals surface area contributed by atoms with Gasteiger partial charge in [-0.1, -0.05) is 25.3 Å². The Balaban J connectivity index is 1.59. The summed E-state index contributed by atoms with van der Waals surface area (Å²) in [6.45, 7) is 0.